The first kappa shape index (κ1) is 20.2. The average molecular weight is 371 g/mol. The summed E-state index contributed by atoms with van der Waals surface area (Å²) in [5.74, 6) is -0.493. The molecule has 1 aliphatic heterocycles. The van der Waals surface area contributed by atoms with E-state index in [1.54, 1.807) is 15.9 Å². The number of alkyl halides is 3. The summed E-state index contributed by atoms with van der Waals surface area (Å²) in [6.45, 7) is 5.47. The SMILES string of the molecule is CCN(CC)C(=O)C[C@H]1C(=O)NCCN1Cc1ccccc1C(F)(F)F. The zero-order valence-electron chi connectivity index (χ0n) is 15.0. The summed E-state index contributed by atoms with van der Waals surface area (Å²) in [4.78, 5) is 27.9. The van der Waals surface area contributed by atoms with Crippen molar-refractivity contribution < 1.29 is 22.8 Å². The lowest BCUT2D eigenvalue weighted by molar-refractivity contribution is -0.140. The number of nitrogens with one attached hydrogen (secondary N) is 1. The number of amides is 2. The average Bonchev–Trinajstić information content (AvgIpc) is 2.58. The summed E-state index contributed by atoms with van der Waals surface area (Å²) < 4.78 is 39.7. The van der Waals surface area contributed by atoms with Crippen LogP contribution in [0.3, 0.4) is 0 Å². The van der Waals surface area contributed by atoms with Crippen molar-refractivity contribution in [2.24, 2.45) is 0 Å². The molecule has 26 heavy (non-hydrogen) atoms. The van der Waals surface area contributed by atoms with E-state index in [4.69, 9.17) is 0 Å². The number of halogens is 3. The lowest BCUT2D eigenvalue weighted by Crippen LogP contribution is -2.56. The number of piperazine rings is 1. The van der Waals surface area contributed by atoms with Crippen LogP contribution < -0.4 is 5.32 Å². The van der Waals surface area contributed by atoms with E-state index in [1.807, 2.05) is 13.8 Å². The fourth-order valence-corrected chi connectivity index (χ4v) is 3.20. The molecule has 1 aromatic rings. The monoisotopic (exact) mass is 371 g/mol. The van der Waals surface area contributed by atoms with E-state index < -0.39 is 17.8 Å². The van der Waals surface area contributed by atoms with E-state index in [2.05, 4.69) is 5.32 Å². The third-order valence-electron chi connectivity index (χ3n) is 4.62. The van der Waals surface area contributed by atoms with E-state index in [0.29, 0.717) is 26.2 Å². The first-order valence-electron chi connectivity index (χ1n) is 8.72. The molecular weight excluding hydrogens is 347 g/mol. The molecule has 1 N–H and O–H groups in total. The molecular formula is C18H24F3N3O2. The fourth-order valence-electron chi connectivity index (χ4n) is 3.20. The molecule has 0 unspecified atom stereocenters. The molecule has 8 heteroatoms. The van der Waals surface area contributed by atoms with Crippen LogP contribution in [0.15, 0.2) is 24.3 Å². The Morgan fingerprint density at radius 1 is 1.27 bits per heavy atom. The van der Waals surface area contributed by atoms with Gasteiger partial charge in [-0.25, -0.2) is 0 Å². The second-order valence-corrected chi connectivity index (χ2v) is 6.20. The Kier molecular flexibility index (Phi) is 6.63. The molecule has 2 rings (SSSR count). The minimum atomic E-state index is -4.46. The molecule has 1 fully saturated rings. The molecule has 1 heterocycles. The molecule has 1 aromatic carbocycles. The summed E-state index contributed by atoms with van der Waals surface area (Å²) in [5, 5.41) is 2.70. The summed E-state index contributed by atoms with van der Waals surface area (Å²) in [6, 6.07) is 4.58. The second kappa shape index (κ2) is 8.53. The van der Waals surface area contributed by atoms with Crippen LogP contribution in [0.25, 0.3) is 0 Å². The highest BCUT2D eigenvalue weighted by Gasteiger charge is 2.36. The number of benzene rings is 1. The van der Waals surface area contributed by atoms with Gasteiger partial charge in [-0.2, -0.15) is 13.2 Å². The van der Waals surface area contributed by atoms with E-state index in [0.717, 1.165) is 6.07 Å². The van der Waals surface area contributed by atoms with Crippen LogP contribution in [0.4, 0.5) is 13.2 Å². The van der Waals surface area contributed by atoms with Crippen molar-refractivity contribution in [1.82, 2.24) is 15.1 Å². The molecule has 0 spiro atoms. The zero-order valence-corrected chi connectivity index (χ0v) is 15.0. The van der Waals surface area contributed by atoms with Gasteiger partial charge < -0.3 is 10.2 Å². The van der Waals surface area contributed by atoms with Gasteiger partial charge in [-0.15, -0.1) is 0 Å². The topological polar surface area (TPSA) is 52.7 Å². The summed E-state index contributed by atoms with van der Waals surface area (Å²) >= 11 is 0. The van der Waals surface area contributed by atoms with E-state index >= 15 is 0 Å². The van der Waals surface area contributed by atoms with Gasteiger partial charge in [0.25, 0.3) is 0 Å². The number of hydrogen-bond acceptors (Lipinski definition) is 3. The van der Waals surface area contributed by atoms with Gasteiger partial charge in [0.1, 0.15) is 0 Å². The van der Waals surface area contributed by atoms with Crippen molar-refractivity contribution in [2.75, 3.05) is 26.2 Å². The number of nitrogens with zero attached hydrogens (tertiary/aromatic N) is 2. The minimum Gasteiger partial charge on any atom is -0.353 e. The first-order valence-corrected chi connectivity index (χ1v) is 8.72. The van der Waals surface area contributed by atoms with Gasteiger partial charge in [-0.3, -0.25) is 14.5 Å². The Morgan fingerprint density at radius 2 is 1.92 bits per heavy atom. The van der Waals surface area contributed by atoms with Crippen LogP contribution >= 0.6 is 0 Å². The predicted octanol–water partition coefficient (Wildman–Crippen LogP) is 2.26. The Bertz CT molecular complexity index is 645. The number of carbonyl (C=O) groups excluding carboxylic acids is 2. The van der Waals surface area contributed by atoms with Crippen molar-refractivity contribution in [2.45, 2.75) is 39.0 Å². The van der Waals surface area contributed by atoms with Gasteiger partial charge in [-0.05, 0) is 25.5 Å². The molecule has 2 amide bonds. The molecule has 0 saturated carbocycles. The summed E-state index contributed by atoms with van der Waals surface area (Å²) in [5.41, 5.74) is -0.602. The highest BCUT2D eigenvalue weighted by molar-refractivity contribution is 5.88. The highest BCUT2D eigenvalue weighted by atomic mass is 19.4. The molecule has 0 radical (unpaired) electrons. The first-order chi connectivity index (χ1) is 12.3. The predicted molar refractivity (Wildman–Crippen MR) is 91.2 cm³/mol. The Hall–Kier alpha value is -2.09. The molecule has 0 bridgehead atoms. The van der Waals surface area contributed by atoms with E-state index in [9.17, 15) is 22.8 Å². The van der Waals surface area contributed by atoms with E-state index in [1.165, 1.54) is 12.1 Å². The number of hydrogen-bond donors (Lipinski definition) is 1. The van der Waals surface area contributed by atoms with Gasteiger partial charge in [0.15, 0.2) is 0 Å². The van der Waals surface area contributed by atoms with Crippen molar-refractivity contribution >= 4 is 11.8 Å². The zero-order chi connectivity index (χ0) is 19.3. The lowest BCUT2D eigenvalue weighted by Gasteiger charge is -2.36. The molecule has 1 saturated heterocycles. The van der Waals surface area contributed by atoms with Crippen LogP contribution in [0, 0.1) is 0 Å². The van der Waals surface area contributed by atoms with Gasteiger partial charge >= 0.3 is 6.18 Å². The lowest BCUT2D eigenvalue weighted by atomic mass is 10.0. The standard InChI is InChI=1S/C18H24F3N3O2/c1-3-23(4-2)16(25)11-15-17(26)22-9-10-24(15)12-13-7-5-6-8-14(13)18(19,20)21/h5-8,15H,3-4,9-12H2,1-2H3,(H,22,26)/t15-/m0/s1. The second-order valence-electron chi connectivity index (χ2n) is 6.20. The number of carbonyl (C=O) groups is 2. The van der Waals surface area contributed by atoms with Crippen molar-refractivity contribution in [3.05, 3.63) is 35.4 Å². The van der Waals surface area contributed by atoms with Crippen LogP contribution in [0.2, 0.25) is 0 Å². The summed E-state index contributed by atoms with van der Waals surface area (Å²) in [7, 11) is 0. The maximum Gasteiger partial charge on any atom is 0.416 e. The third kappa shape index (κ3) is 4.75. The fraction of sp³-hybridized carbons (Fsp3) is 0.556. The number of rotatable bonds is 6. The van der Waals surface area contributed by atoms with Crippen molar-refractivity contribution in [1.29, 1.82) is 0 Å². The van der Waals surface area contributed by atoms with E-state index in [-0.39, 0.29) is 30.3 Å². The van der Waals surface area contributed by atoms with Crippen molar-refractivity contribution in [3.8, 4) is 0 Å². The summed E-state index contributed by atoms with van der Waals surface area (Å²) in [6.07, 6.45) is -4.50. The Morgan fingerprint density at radius 3 is 2.54 bits per heavy atom. The molecule has 144 valence electrons. The largest absolute Gasteiger partial charge is 0.416 e. The maximum absolute atomic E-state index is 13.2. The van der Waals surface area contributed by atoms with Gasteiger partial charge in [0.2, 0.25) is 11.8 Å². The van der Waals surface area contributed by atoms with Crippen LogP contribution in [-0.4, -0.2) is 53.8 Å². The van der Waals surface area contributed by atoms with Gasteiger partial charge in [0.05, 0.1) is 18.0 Å². The normalized spacial score (nSPS) is 18.5. The Balaban J connectivity index is 2.21. The van der Waals surface area contributed by atoms with Crippen LogP contribution in [0.5, 0.6) is 0 Å². The van der Waals surface area contributed by atoms with Crippen LogP contribution in [-0.2, 0) is 22.3 Å². The minimum absolute atomic E-state index is 0.0285. The Labute approximate surface area is 151 Å². The van der Waals surface area contributed by atoms with Gasteiger partial charge in [-0.1, -0.05) is 18.2 Å². The maximum atomic E-state index is 13.2. The van der Waals surface area contributed by atoms with Crippen LogP contribution in [0.1, 0.15) is 31.4 Å². The quantitative estimate of drug-likeness (QED) is 0.835. The smallest absolute Gasteiger partial charge is 0.353 e. The van der Waals surface area contributed by atoms with Crippen molar-refractivity contribution in [3.63, 3.8) is 0 Å². The third-order valence-corrected chi connectivity index (χ3v) is 4.62. The molecule has 5 nitrogen and oxygen atoms in total. The molecule has 0 aliphatic carbocycles. The molecule has 0 aromatic heterocycles. The molecule has 1 atom stereocenters. The molecule has 1 aliphatic rings. The van der Waals surface area contributed by atoms with Gasteiger partial charge in [0, 0.05) is 32.7 Å². The highest BCUT2D eigenvalue weighted by Crippen LogP contribution is 2.32.